The first-order valence-electron chi connectivity index (χ1n) is 14.7. The molecule has 3 fully saturated rings. The molecule has 8 nitrogen and oxygen atoms in total. The van der Waals surface area contributed by atoms with Crippen LogP contribution < -0.4 is 14.7 Å². The average Bonchev–Trinajstić information content (AvgIpc) is 3.43. The number of alkyl halides is 2. The number of nitrogens with zero attached hydrogens (tertiary/aromatic N) is 7. The van der Waals surface area contributed by atoms with Gasteiger partial charge >= 0.3 is 0 Å². The first-order chi connectivity index (χ1) is 20.2. The molecule has 1 amide bonds. The van der Waals surface area contributed by atoms with Crippen LogP contribution in [0.4, 0.5) is 30.8 Å². The van der Waals surface area contributed by atoms with Crippen molar-refractivity contribution in [2.24, 2.45) is 0 Å². The van der Waals surface area contributed by atoms with Gasteiger partial charge < -0.3 is 19.6 Å². The summed E-state index contributed by atoms with van der Waals surface area (Å²) in [6.45, 7) is 8.02. The van der Waals surface area contributed by atoms with Crippen LogP contribution in [0.5, 0.6) is 0 Å². The van der Waals surface area contributed by atoms with Gasteiger partial charge in [-0.2, -0.15) is 4.98 Å². The SMILES string of the molecule is Cc1cc(C(=O)N2CCC(F)(F)CC2)cnc1N1CCN(c2cc(-c3ccc(F)cc3)nc(N3CCCC3C)n2)CC1. The van der Waals surface area contributed by atoms with Crippen LogP contribution in [0.1, 0.15) is 48.5 Å². The molecule has 6 rings (SSSR count). The van der Waals surface area contributed by atoms with E-state index in [0.717, 1.165) is 60.9 Å². The molecule has 3 saturated heterocycles. The Morgan fingerprint density at radius 3 is 2.26 bits per heavy atom. The molecule has 0 bridgehead atoms. The molecule has 3 aliphatic heterocycles. The third kappa shape index (κ3) is 5.87. The third-order valence-corrected chi connectivity index (χ3v) is 8.63. The lowest BCUT2D eigenvalue weighted by molar-refractivity contribution is -0.0494. The molecule has 3 aromatic rings. The van der Waals surface area contributed by atoms with Crippen LogP contribution in [-0.2, 0) is 0 Å². The molecule has 1 unspecified atom stereocenters. The van der Waals surface area contributed by atoms with Crippen LogP contribution in [0.3, 0.4) is 0 Å². The number of carbonyl (C=O) groups is 1. The Bertz CT molecular complexity index is 1430. The number of aryl methyl sites for hydroxylation is 1. The summed E-state index contributed by atoms with van der Waals surface area (Å²) < 4.78 is 40.7. The summed E-state index contributed by atoms with van der Waals surface area (Å²) in [5, 5.41) is 0. The molecular weight excluding hydrogens is 543 g/mol. The number of anilines is 3. The molecule has 0 saturated carbocycles. The molecular formula is C31H36F3N7O. The van der Waals surface area contributed by atoms with Crippen LogP contribution in [-0.4, -0.2) is 83.5 Å². The van der Waals surface area contributed by atoms with Crippen molar-refractivity contribution in [3.05, 3.63) is 59.5 Å². The standard InChI is InChI=1S/C31H36F3N7O/c1-21-18-24(29(42)40-12-9-31(33,34)10-13-40)20-35-28(21)39-16-14-38(15-17-39)27-19-26(23-5-7-25(32)8-6-23)36-30(37-27)41-11-3-4-22(41)2/h5-8,18-20,22H,3-4,9-17H2,1-2H3. The Kier molecular flexibility index (Phi) is 7.67. The zero-order valence-electron chi connectivity index (χ0n) is 24.1. The highest BCUT2D eigenvalue weighted by Gasteiger charge is 2.36. The van der Waals surface area contributed by atoms with Crippen LogP contribution in [0.2, 0.25) is 0 Å². The predicted octanol–water partition coefficient (Wildman–Crippen LogP) is 5.17. The van der Waals surface area contributed by atoms with Gasteiger partial charge in [0, 0.05) is 82.5 Å². The monoisotopic (exact) mass is 579 g/mol. The maximum atomic E-state index is 13.6. The highest BCUT2D eigenvalue weighted by atomic mass is 19.3. The van der Waals surface area contributed by atoms with Crippen molar-refractivity contribution < 1.29 is 18.0 Å². The van der Waals surface area contributed by atoms with Gasteiger partial charge in [0.15, 0.2) is 0 Å². The van der Waals surface area contributed by atoms with E-state index in [4.69, 9.17) is 9.97 Å². The molecule has 222 valence electrons. The van der Waals surface area contributed by atoms with Crippen molar-refractivity contribution in [3.63, 3.8) is 0 Å². The normalized spacial score (nSPS) is 20.7. The summed E-state index contributed by atoms with van der Waals surface area (Å²) in [5.74, 6) is -0.862. The number of hydrogen-bond acceptors (Lipinski definition) is 7. The van der Waals surface area contributed by atoms with Gasteiger partial charge in [-0.05, 0) is 62.6 Å². The molecule has 1 atom stereocenters. The first kappa shape index (κ1) is 28.2. The van der Waals surface area contributed by atoms with Crippen LogP contribution in [0.25, 0.3) is 11.3 Å². The van der Waals surface area contributed by atoms with Crippen molar-refractivity contribution in [2.75, 3.05) is 60.5 Å². The van der Waals surface area contributed by atoms with Gasteiger partial charge in [0.25, 0.3) is 11.8 Å². The number of benzene rings is 1. The molecule has 0 aliphatic carbocycles. The number of halogens is 3. The van der Waals surface area contributed by atoms with Crippen molar-refractivity contribution >= 4 is 23.5 Å². The highest BCUT2D eigenvalue weighted by Crippen LogP contribution is 2.31. The number of piperazine rings is 1. The van der Waals surface area contributed by atoms with E-state index in [1.54, 1.807) is 18.3 Å². The number of pyridine rings is 1. The summed E-state index contributed by atoms with van der Waals surface area (Å²) in [4.78, 5) is 35.6. The van der Waals surface area contributed by atoms with E-state index in [9.17, 15) is 18.0 Å². The number of likely N-dealkylation sites (tertiary alicyclic amines) is 1. The largest absolute Gasteiger partial charge is 0.353 e. The van der Waals surface area contributed by atoms with E-state index in [2.05, 4.69) is 26.6 Å². The smallest absolute Gasteiger partial charge is 0.255 e. The first-order valence-corrected chi connectivity index (χ1v) is 14.7. The van der Waals surface area contributed by atoms with Gasteiger partial charge in [0.05, 0.1) is 11.3 Å². The summed E-state index contributed by atoms with van der Waals surface area (Å²) in [5.41, 5.74) is 2.92. The van der Waals surface area contributed by atoms with Crippen LogP contribution >= 0.6 is 0 Å². The topological polar surface area (TPSA) is 68.7 Å². The average molecular weight is 580 g/mol. The summed E-state index contributed by atoms with van der Waals surface area (Å²) in [6, 6.07) is 10.6. The molecule has 11 heteroatoms. The van der Waals surface area contributed by atoms with Crippen molar-refractivity contribution in [1.29, 1.82) is 0 Å². The number of carbonyl (C=O) groups excluding carboxylic acids is 1. The number of hydrogen-bond donors (Lipinski definition) is 0. The van der Waals surface area contributed by atoms with Crippen molar-refractivity contribution in [1.82, 2.24) is 19.9 Å². The third-order valence-electron chi connectivity index (χ3n) is 8.63. The zero-order chi connectivity index (χ0) is 29.4. The van der Waals surface area contributed by atoms with Gasteiger partial charge in [-0.1, -0.05) is 0 Å². The van der Waals surface area contributed by atoms with Gasteiger partial charge in [-0.25, -0.2) is 23.1 Å². The number of rotatable bonds is 5. The minimum atomic E-state index is -2.70. The van der Waals surface area contributed by atoms with E-state index < -0.39 is 5.92 Å². The molecule has 1 aromatic carbocycles. The highest BCUT2D eigenvalue weighted by molar-refractivity contribution is 5.94. The second-order valence-corrected chi connectivity index (χ2v) is 11.6. The number of amides is 1. The van der Waals surface area contributed by atoms with E-state index in [1.807, 2.05) is 19.1 Å². The van der Waals surface area contributed by atoms with Crippen LogP contribution in [0, 0.1) is 12.7 Å². The fraction of sp³-hybridized carbons (Fsp3) is 0.484. The Morgan fingerprint density at radius 1 is 0.929 bits per heavy atom. The molecule has 0 spiro atoms. The quantitative estimate of drug-likeness (QED) is 0.413. The second kappa shape index (κ2) is 11.4. The molecule has 42 heavy (non-hydrogen) atoms. The predicted molar refractivity (Wildman–Crippen MR) is 157 cm³/mol. The Labute approximate surface area is 244 Å². The molecule has 0 radical (unpaired) electrons. The Morgan fingerprint density at radius 2 is 1.62 bits per heavy atom. The van der Waals surface area contributed by atoms with Crippen LogP contribution in [0.15, 0.2) is 42.6 Å². The van der Waals surface area contributed by atoms with E-state index in [1.165, 1.54) is 17.0 Å². The van der Waals surface area contributed by atoms with E-state index >= 15 is 0 Å². The van der Waals surface area contributed by atoms with Gasteiger partial charge in [-0.15, -0.1) is 0 Å². The second-order valence-electron chi connectivity index (χ2n) is 11.6. The van der Waals surface area contributed by atoms with Gasteiger partial charge in [0.2, 0.25) is 5.95 Å². The fourth-order valence-electron chi connectivity index (χ4n) is 6.09. The number of aromatic nitrogens is 3. The van der Waals surface area contributed by atoms with Gasteiger partial charge in [0.1, 0.15) is 17.5 Å². The summed E-state index contributed by atoms with van der Waals surface area (Å²) in [7, 11) is 0. The van der Waals surface area contributed by atoms with Gasteiger partial charge in [-0.3, -0.25) is 4.79 Å². The molecule has 3 aliphatic rings. The van der Waals surface area contributed by atoms with E-state index in [0.29, 0.717) is 30.6 Å². The lowest BCUT2D eigenvalue weighted by atomic mass is 10.1. The lowest BCUT2D eigenvalue weighted by Gasteiger charge is -2.37. The minimum Gasteiger partial charge on any atom is -0.353 e. The zero-order valence-corrected chi connectivity index (χ0v) is 24.1. The fourth-order valence-corrected chi connectivity index (χ4v) is 6.09. The molecule has 2 aromatic heterocycles. The minimum absolute atomic E-state index is 0.0545. The number of piperidine rings is 1. The maximum Gasteiger partial charge on any atom is 0.255 e. The van der Waals surface area contributed by atoms with E-state index in [-0.39, 0.29) is 37.7 Å². The molecule has 0 N–H and O–H groups in total. The van der Waals surface area contributed by atoms with Crippen molar-refractivity contribution in [3.8, 4) is 11.3 Å². The maximum absolute atomic E-state index is 13.6. The lowest BCUT2D eigenvalue weighted by Crippen LogP contribution is -2.47. The van der Waals surface area contributed by atoms with Crippen molar-refractivity contribution in [2.45, 2.75) is 51.5 Å². The summed E-state index contributed by atoms with van der Waals surface area (Å²) >= 11 is 0. The Balaban J connectivity index is 1.17. The summed E-state index contributed by atoms with van der Waals surface area (Å²) in [6.07, 6.45) is 3.16. The Hall–Kier alpha value is -3.89. The molecule has 5 heterocycles.